The summed E-state index contributed by atoms with van der Waals surface area (Å²) in [6.45, 7) is 0. The maximum Gasteiger partial charge on any atom is 0.405 e. The van der Waals surface area contributed by atoms with E-state index in [9.17, 15) is 13.2 Å². The van der Waals surface area contributed by atoms with Crippen LogP contribution >= 0.6 is 0 Å². The highest BCUT2D eigenvalue weighted by atomic mass is 19.4. The molecule has 0 spiro atoms. The van der Waals surface area contributed by atoms with Crippen molar-refractivity contribution in [2.75, 3.05) is 0 Å². The zero-order chi connectivity index (χ0) is 10.9. The Morgan fingerprint density at radius 1 is 1.27 bits per heavy atom. The van der Waals surface area contributed by atoms with Gasteiger partial charge in [0.15, 0.2) is 0 Å². The Labute approximate surface area is 83.9 Å². The summed E-state index contributed by atoms with van der Waals surface area (Å²) in [5.41, 5.74) is 5.27. The van der Waals surface area contributed by atoms with Crippen molar-refractivity contribution in [3.05, 3.63) is 24.3 Å². The van der Waals surface area contributed by atoms with Crippen molar-refractivity contribution in [2.45, 2.75) is 24.7 Å². The Morgan fingerprint density at radius 3 is 2.60 bits per heavy atom. The van der Waals surface area contributed by atoms with Crippen molar-refractivity contribution >= 4 is 0 Å². The third kappa shape index (κ3) is 2.24. The molecule has 1 aromatic rings. The van der Waals surface area contributed by atoms with Gasteiger partial charge >= 0.3 is 6.18 Å². The zero-order valence-corrected chi connectivity index (χ0v) is 7.62. The van der Waals surface area contributed by atoms with Crippen molar-refractivity contribution in [3.8, 4) is 0 Å². The first kappa shape index (κ1) is 10.3. The topological polar surface area (TPSA) is 49.8 Å². The van der Waals surface area contributed by atoms with E-state index in [4.69, 9.17) is 0 Å². The van der Waals surface area contributed by atoms with Crippen molar-refractivity contribution < 1.29 is 13.2 Å². The van der Waals surface area contributed by atoms with Crippen molar-refractivity contribution in [3.63, 3.8) is 0 Å². The van der Waals surface area contributed by atoms with Crippen LogP contribution < -0.4 is 10.9 Å². The molecule has 0 bridgehead atoms. The Bertz CT molecular complexity index is 326. The van der Waals surface area contributed by atoms with E-state index in [0.29, 0.717) is 5.69 Å². The van der Waals surface area contributed by atoms with E-state index >= 15 is 0 Å². The number of rotatable bonds is 1. The minimum Gasteiger partial charge on any atom is -0.261 e. The third-order valence-corrected chi connectivity index (χ3v) is 2.24. The molecule has 1 fully saturated rings. The predicted octanol–water partition coefficient (Wildman–Crippen LogP) is 0.946. The molecule has 1 saturated heterocycles. The Kier molecular flexibility index (Phi) is 2.57. The smallest absolute Gasteiger partial charge is 0.261 e. The molecule has 0 aliphatic carbocycles. The van der Waals surface area contributed by atoms with E-state index in [1.807, 2.05) is 0 Å². The number of aromatic nitrogens is 2. The summed E-state index contributed by atoms with van der Waals surface area (Å²) in [4.78, 5) is 7.75. The highest BCUT2D eigenvalue weighted by molar-refractivity contribution is 5.05. The van der Waals surface area contributed by atoms with Crippen LogP contribution in [-0.4, -0.2) is 22.2 Å². The van der Waals surface area contributed by atoms with E-state index in [1.54, 1.807) is 0 Å². The van der Waals surface area contributed by atoms with Crippen LogP contribution in [0.2, 0.25) is 0 Å². The Hall–Kier alpha value is -1.21. The molecule has 15 heavy (non-hydrogen) atoms. The summed E-state index contributed by atoms with van der Waals surface area (Å²) in [5, 5.41) is 0. The number of halogens is 3. The standard InChI is InChI=1S/C8H9F3N4/c9-8(10,11)7-3-5(14-15-7)6-4-12-1-2-13-6/h1-2,4-5,7,14-15H,3H2. The number of hydrogen-bond donors (Lipinski definition) is 2. The first-order valence-electron chi connectivity index (χ1n) is 4.41. The fraction of sp³-hybridized carbons (Fsp3) is 0.500. The van der Waals surface area contributed by atoms with Gasteiger partial charge in [0.1, 0.15) is 6.04 Å². The van der Waals surface area contributed by atoms with Gasteiger partial charge in [-0.25, -0.2) is 10.9 Å². The van der Waals surface area contributed by atoms with Crippen LogP contribution in [0.15, 0.2) is 18.6 Å². The first-order valence-corrected chi connectivity index (χ1v) is 4.41. The minimum absolute atomic E-state index is 0.0673. The predicted molar refractivity (Wildman–Crippen MR) is 45.5 cm³/mol. The molecular weight excluding hydrogens is 209 g/mol. The molecule has 0 saturated carbocycles. The van der Waals surface area contributed by atoms with Crippen molar-refractivity contribution in [1.82, 2.24) is 20.8 Å². The fourth-order valence-corrected chi connectivity index (χ4v) is 1.46. The summed E-state index contributed by atoms with van der Waals surface area (Å²) < 4.78 is 36.9. The summed E-state index contributed by atoms with van der Waals surface area (Å²) in [5.74, 6) is 0. The quantitative estimate of drug-likeness (QED) is 0.736. The molecule has 1 aromatic heterocycles. The summed E-state index contributed by atoms with van der Waals surface area (Å²) in [6, 6.07) is -1.96. The number of hydrogen-bond acceptors (Lipinski definition) is 4. The van der Waals surface area contributed by atoms with E-state index in [1.165, 1.54) is 18.6 Å². The van der Waals surface area contributed by atoms with Crippen LogP contribution in [0.1, 0.15) is 18.2 Å². The molecule has 4 nitrogen and oxygen atoms in total. The van der Waals surface area contributed by atoms with Gasteiger partial charge in [0.2, 0.25) is 0 Å². The average Bonchev–Trinajstić information content (AvgIpc) is 2.67. The molecule has 7 heteroatoms. The van der Waals surface area contributed by atoms with Gasteiger partial charge in [-0.2, -0.15) is 13.2 Å². The molecule has 0 amide bonds. The largest absolute Gasteiger partial charge is 0.405 e. The molecule has 2 unspecified atom stereocenters. The molecule has 2 rings (SSSR count). The third-order valence-electron chi connectivity index (χ3n) is 2.24. The van der Waals surface area contributed by atoms with Crippen LogP contribution in [0.4, 0.5) is 13.2 Å². The molecule has 1 aliphatic heterocycles. The van der Waals surface area contributed by atoms with Gasteiger partial charge in [-0.05, 0) is 6.42 Å². The molecule has 0 aromatic carbocycles. The highest BCUT2D eigenvalue weighted by Gasteiger charge is 2.44. The minimum atomic E-state index is -4.23. The van der Waals surface area contributed by atoms with E-state index in [0.717, 1.165) is 0 Å². The first-order chi connectivity index (χ1) is 7.07. The molecule has 2 atom stereocenters. The van der Waals surface area contributed by atoms with Gasteiger partial charge in [-0.1, -0.05) is 0 Å². The van der Waals surface area contributed by atoms with Crippen LogP contribution in [0.5, 0.6) is 0 Å². The van der Waals surface area contributed by atoms with Gasteiger partial charge in [-0.15, -0.1) is 0 Å². The normalized spacial score (nSPS) is 26.9. The van der Waals surface area contributed by atoms with Crippen LogP contribution in [0.3, 0.4) is 0 Å². The molecule has 2 N–H and O–H groups in total. The van der Waals surface area contributed by atoms with E-state index in [-0.39, 0.29) is 6.42 Å². The number of alkyl halides is 3. The van der Waals surface area contributed by atoms with Gasteiger partial charge in [-0.3, -0.25) is 9.97 Å². The van der Waals surface area contributed by atoms with Gasteiger partial charge < -0.3 is 0 Å². The second kappa shape index (κ2) is 3.74. The summed E-state index contributed by atoms with van der Waals surface area (Å²) in [7, 11) is 0. The Balaban J connectivity index is 2.05. The average molecular weight is 218 g/mol. The highest BCUT2D eigenvalue weighted by Crippen LogP contribution is 2.30. The van der Waals surface area contributed by atoms with E-state index < -0.39 is 18.3 Å². The zero-order valence-electron chi connectivity index (χ0n) is 7.62. The van der Waals surface area contributed by atoms with Crippen LogP contribution in [-0.2, 0) is 0 Å². The second-order valence-corrected chi connectivity index (χ2v) is 3.30. The number of hydrazine groups is 1. The maximum absolute atomic E-state index is 12.3. The Morgan fingerprint density at radius 2 is 2.07 bits per heavy atom. The number of nitrogens with one attached hydrogen (secondary N) is 2. The van der Waals surface area contributed by atoms with Crippen molar-refractivity contribution in [1.29, 1.82) is 0 Å². The monoisotopic (exact) mass is 218 g/mol. The molecule has 1 aliphatic rings. The lowest BCUT2D eigenvalue weighted by atomic mass is 10.1. The lowest BCUT2D eigenvalue weighted by molar-refractivity contribution is -0.153. The lowest BCUT2D eigenvalue weighted by Crippen LogP contribution is -2.41. The molecule has 0 radical (unpaired) electrons. The molecule has 82 valence electrons. The molecule has 2 heterocycles. The maximum atomic E-state index is 12.3. The van der Waals surface area contributed by atoms with Gasteiger partial charge in [0.25, 0.3) is 0 Å². The SMILES string of the molecule is FC(F)(F)C1CC(c2cnccn2)NN1. The van der Waals surface area contributed by atoms with Gasteiger partial charge in [0, 0.05) is 12.4 Å². The van der Waals surface area contributed by atoms with Crippen LogP contribution in [0, 0.1) is 0 Å². The van der Waals surface area contributed by atoms with E-state index in [2.05, 4.69) is 20.8 Å². The summed E-state index contributed by atoms with van der Waals surface area (Å²) >= 11 is 0. The lowest BCUT2D eigenvalue weighted by Gasteiger charge is -2.12. The molecular formula is C8H9F3N4. The number of nitrogens with zero attached hydrogens (tertiary/aromatic N) is 2. The fourth-order valence-electron chi connectivity index (χ4n) is 1.46. The second-order valence-electron chi connectivity index (χ2n) is 3.30. The van der Waals surface area contributed by atoms with Crippen molar-refractivity contribution in [2.24, 2.45) is 0 Å². The van der Waals surface area contributed by atoms with Crippen LogP contribution in [0.25, 0.3) is 0 Å². The summed E-state index contributed by atoms with van der Waals surface area (Å²) in [6.07, 6.45) is 0.0926. The van der Waals surface area contributed by atoms with Gasteiger partial charge in [0.05, 0.1) is 17.9 Å².